The predicted octanol–water partition coefficient (Wildman–Crippen LogP) is 1.19. The molecule has 1 aliphatic rings. The van der Waals surface area contributed by atoms with Crippen LogP contribution in [0.3, 0.4) is 0 Å². The van der Waals surface area contributed by atoms with Crippen LogP contribution in [-0.4, -0.2) is 20.3 Å². The molecule has 0 aromatic carbocycles. The molecule has 0 saturated heterocycles. The standard InChI is InChI=1S/C10H13N5O/c11-10(4-1-2-5-10)9-13-8(16-15-9)7-3-6-12-14-7/h3,6H,1-2,4-5,11H2,(H,12,14). The first-order valence-electron chi connectivity index (χ1n) is 5.41. The van der Waals surface area contributed by atoms with Crippen LogP contribution in [0.15, 0.2) is 16.8 Å². The van der Waals surface area contributed by atoms with Gasteiger partial charge in [-0.05, 0) is 18.9 Å². The van der Waals surface area contributed by atoms with E-state index in [0.717, 1.165) is 31.4 Å². The van der Waals surface area contributed by atoms with Crippen molar-refractivity contribution in [2.24, 2.45) is 5.73 Å². The molecular weight excluding hydrogens is 206 g/mol. The van der Waals surface area contributed by atoms with E-state index in [1.54, 1.807) is 12.3 Å². The Hall–Kier alpha value is -1.69. The lowest BCUT2D eigenvalue weighted by Gasteiger charge is -2.17. The van der Waals surface area contributed by atoms with Gasteiger partial charge in [-0.2, -0.15) is 10.1 Å². The Morgan fingerprint density at radius 1 is 1.38 bits per heavy atom. The summed E-state index contributed by atoms with van der Waals surface area (Å²) < 4.78 is 5.17. The van der Waals surface area contributed by atoms with E-state index in [2.05, 4.69) is 20.3 Å². The lowest BCUT2D eigenvalue weighted by atomic mass is 9.99. The monoisotopic (exact) mass is 219 g/mol. The smallest absolute Gasteiger partial charge is 0.275 e. The topological polar surface area (TPSA) is 93.6 Å². The predicted molar refractivity (Wildman–Crippen MR) is 56.2 cm³/mol. The fourth-order valence-electron chi connectivity index (χ4n) is 2.14. The molecule has 2 heterocycles. The number of nitrogens with zero attached hydrogens (tertiary/aromatic N) is 3. The van der Waals surface area contributed by atoms with Crippen LogP contribution in [0.4, 0.5) is 0 Å². The van der Waals surface area contributed by atoms with Gasteiger partial charge in [0.1, 0.15) is 5.69 Å². The van der Waals surface area contributed by atoms with Crippen LogP contribution in [0.2, 0.25) is 0 Å². The maximum absolute atomic E-state index is 6.24. The van der Waals surface area contributed by atoms with Gasteiger partial charge in [0.25, 0.3) is 5.89 Å². The molecule has 2 aromatic heterocycles. The average molecular weight is 219 g/mol. The van der Waals surface area contributed by atoms with Crippen LogP contribution in [0.1, 0.15) is 31.5 Å². The second kappa shape index (κ2) is 3.41. The first-order valence-corrected chi connectivity index (χ1v) is 5.41. The number of hydrogen-bond donors (Lipinski definition) is 2. The number of aromatic nitrogens is 4. The molecule has 0 radical (unpaired) electrons. The van der Waals surface area contributed by atoms with E-state index in [4.69, 9.17) is 10.3 Å². The van der Waals surface area contributed by atoms with Crippen LogP contribution >= 0.6 is 0 Å². The highest BCUT2D eigenvalue weighted by Gasteiger charge is 2.36. The van der Waals surface area contributed by atoms with Crippen molar-refractivity contribution in [3.8, 4) is 11.6 Å². The van der Waals surface area contributed by atoms with Gasteiger partial charge in [-0.15, -0.1) is 0 Å². The van der Waals surface area contributed by atoms with Gasteiger partial charge >= 0.3 is 0 Å². The molecule has 0 bridgehead atoms. The molecule has 0 unspecified atom stereocenters. The Labute approximate surface area is 92.2 Å². The number of nitrogens with two attached hydrogens (primary N) is 1. The molecule has 16 heavy (non-hydrogen) atoms. The van der Waals surface area contributed by atoms with Crippen LogP contribution in [0, 0.1) is 0 Å². The van der Waals surface area contributed by atoms with E-state index in [9.17, 15) is 0 Å². The van der Waals surface area contributed by atoms with Crippen LogP contribution in [-0.2, 0) is 5.54 Å². The van der Waals surface area contributed by atoms with Crippen LogP contribution in [0.5, 0.6) is 0 Å². The summed E-state index contributed by atoms with van der Waals surface area (Å²) in [6.07, 6.45) is 5.76. The van der Waals surface area contributed by atoms with Crippen molar-refractivity contribution in [3.05, 3.63) is 18.1 Å². The summed E-state index contributed by atoms with van der Waals surface area (Å²) >= 11 is 0. The van der Waals surface area contributed by atoms with Gasteiger partial charge in [-0.25, -0.2) is 0 Å². The fourth-order valence-corrected chi connectivity index (χ4v) is 2.14. The molecule has 0 atom stereocenters. The highest BCUT2D eigenvalue weighted by atomic mass is 16.5. The quantitative estimate of drug-likeness (QED) is 0.791. The third kappa shape index (κ3) is 1.42. The first kappa shape index (κ1) is 9.53. The maximum Gasteiger partial charge on any atom is 0.275 e. The van der Waals surface area contributed by atoms with E-state index in [0.29, 0.717) is 11.7 Å². The van der Waals surface area contributed by atoms with Crippen molar-refractivity contribution in [1.29, 1.82) is 0 Å². The number of hydrogen-bond acceptors (Lipinski definition) is 5. The minimum absolute atomic E-state index is 0.401. The molecule has 0 aliphatic heterocycles. The molecule has 3 rings (SSSR count). The molecule has 2 aromatic rings. The minimum atomic E-state index is -0.401. The van der Waals surface area contributed by atoms with Gasteiger partial charge < -0.3 is 10.3 Å². The van der Waals surface area contributed by atoms with Crippen molar-refractivity contribution < 1.29 is 4.52 Å². The van der Waals surface area contributed by atoms with Crippen molar-refractivity contribution >= 4 is 0 Å². The summed E-state index contributed by atoms with van der Waals surface area (Å²) in [5.41, 5.74) is 6.56. The summed E-state index contributed by atoms with van der Waals surface area (Å²) in [6, 6.07) is 1.79. The number of H-pyrrole nitrogens is 1. The lowest BCUT2D eigenvalue weighted by Crippen LogP contribution is -2.34. The summed E-state index contributed by atoms with van der Waals surface area (Å²) in [4.78, 5) is 4.33. The van der Waals surface area contributed by atoms with Crippen molar-refractivity contribution in [3.63, 3.8) is 0 Å². The zero-order chi connectivity index (χ0) is 11.0. The van der Waals surface area contributed by atoms with Gasteiger partial charge in [0.15, 0.2) is 5.82 Å². The highest BCUT2D eigenvalue weighted by molar-refractivity contribution is 5.44. The van der Waals surface area contributed by atoms with E-state index in [1.165, 1.54) is 0 Å². The molecule has 1 fully saturated rings. The van der Waals surface area contributed by atoms with Crippen molar-refractivity contribution in [2.75, 3.05) is 0 Å². The molecule has 0 spiro atoms. The lowest BCUT2D eigenvalue weighted by molar-refractivity contribution is 0.372. The number of aromatic amines is 1. The Kier molecular flexibility index (Phi) is 2.03. The number of nitrogens with one attached hydrogen (secondary N) is 1. The summed E-state index contributed by atoms with van der Waals surface area (Å²) in [5.74, 6) is 1.05. The molecule has 84 valence electrons. The van der Waals surface area contributed by atoms with E-state index in [-0.39, 0.29) is 0 Å². The van der Waals surface area contributed by atoms with Crippen LogP contribution in [0.25, 0.3) is 11.6 Å². The molecular formula is C10H13N5O. The maximum atomic E-state index is 6.24. The van der Waals surface area contributed by atoms with Crippen LogP contribution < -0.4 is 5.73 Å². The van der Waals surface area contributed by atoms with Gasteiger partial charge in [-0.1, -0.05) is 18.0 Å². The molecule has 6 nitrogen and oxygen atoms in total. The Morgan fingerprint density at radius 2 is 2.19 bits per heavy atom. The van der Waals surface area contributed by atoms with Gasteiger partial charge in [-0.3, -0.25) is 5.10 Å². The third-order valence-electron chi connectivity index (χ3n) is 3.10. The first-order chi connectivity index (χ1) is 7.78. The zero-order valence-corrected chi connectivity index (χ0v) is 8.81. The normalized spacial score (nSPS) is 19.1. The SMILES string of the molecule is NC1(c2noc(-c3ccn[nH]3)n2)CCCC1. The Balaban J connectivity index is 1.93. The van der Waals surface area contributed by atoms with Crippen molar-refractivity contribution in [2.45, 2.75) is 31.2 Å². The third-order valence-corrected chi connectivity index (χ3v) is 3.10. The highest BCUT2D eigenvalue weighted by Crippen LogP contribution is 2.35. The molecule has 1 saturated carbocycles. The second-order valence-electron chi connectivity index (χ2n) is 4.26. The zero-order valence-electron chi connectivity index (χ0n) is 8.81. The molecule has 0 amide bonds. The minimum Gasteiger partial charge on any atom is -0.332 e. The largest absolute Gasteiger partial charge is 0.332 e. The second-order valence-corrected chi connectivity index (χ2v) is 4.26. The van der Waals surface area contributed by atoms with Crippen molar-refractivity contribution in [1.82, 2.24) is 20.3 Å². The van der Waals surface area contributed by atoms with E-state index < -0.39 is 5.54 Å². The summed E-state index contributed by atoms with van der Waals surface area (Å²) in [7, 11) is 0. The summed E-state index contributed by atoms with van der Waals surface area (Å²) in [6.45, 7) is 0. The van der Waals surface area contributed by atoms with Gasteiger partial charge in [0.2, 0.25) is 0 Å². The molecule has 1 aliphatic carbocycles. The average Bonchev–Trinajstić information content (AvgIpc) is 2.98. The Morgan fingerprint density at radius 3 is 2.88 bits per heavy atom. The summed E-state index contributed by atoms with van der Waals surface area (Å²) in [5, 5.41) is 10.6. The van der Waals surface area contributed by atoms with Gasteiger partial charge in [0.05, 0.1) is 5.54 Å². The fraction of sp³-hybridized carbons (Fsp3) is 0.500. The van der Waals surface area contributed by atoms with E-state index in [1.807, 2.05) is 0 Å². The number of rotatable bonds is 2. The van der Waals surface area contributed by atoms with E-state index >= 15 is 0 Å². The molecule has 3 N–H and O–H groups in total. The molecule has 6 heteroatoms. The van der Waals surface area contributed by atoms with Gasteiger partial charge in [0, 0.05) is 6.20 Å². The Bertz CT molecular complexity index is 469.